The molecule has 1 rings (SSSR count). The molecule has 5 nitrogen and oxygen atoms in total. The van der Waals surface area contributed by atoms with Gasteiger partial charge in [0.1, 0.15) is 0 Å². The molecule has 2 amide bonds. The molecule has 1 aromatic rings. The van der Waals surface area contributed by atoms with Crippen molar-refractivity contribution in [2.45, 2.75) is 32.7 Å². The maximum Gasteiger partial charge on any atom is 0.239 e. The number of aryl methyl sites for hydroxylation is 1. The van der Waals surface area contributed by atoms with E-state index in [1.54, 1.807) is 19.0 Å². The Morgan fingerprint density at radius 1 is 1.24 bits per heavy atom. The summed E-state index contributed by atoms with van der Waals surface area (Å²) in [7, 11) is 3.52. The Kier molecular flexibility index (Phi) is 6.72. The minimum atomic E-state index is -0.0295. The second-order valence-corrected chi connectivity index (χ2v) is 5.56. The molecule has 0 radical (unpaired) electrons. The zero-order valence-electron chi connectivity index (χ0n) is 13.3. The lowest BCUT2D eigenvalue weighted by Gasteiger charge is -2.12. The van der Waals surface area contributed by atoms with Gasteiger partial charge in [0.05, 0.1) is 6.54 Å². The maximum absolute atomic E-state index is 11.6. The first kappa shape index (κ1) is 17.0. The molecule has 2 N–H and O–H groups in total. The fourth-order valence-electron chi connectivity index (χ4n) is 1.87. The molecule has 1 aromatic carbocycles. The Balaban J connectivity index is 2.48. The summed E-state index contributed by atoms with van der Waals surface area (Å²) < 4.78 is 0. The minimum Gasteiger partial charge on any atom is -0.376 e. The predicted molar refractivity (Wildman–Crippen MR) is 85.2 cm³/mol. The molecule has 0 saturated heterocycles. The number of amides is 2. The van der Waals surface area contributed by atoms with E-state index in [0.29, 0.717) is 12.8 Å². The van der Waals surface area contributed by atoms with Crippen molar-refractivity contribution < 1.29 is 9.59 Å². The molecule has 116 valence electrons. The molecule has 0 heterocycles. The van der Waals surface area contributed by atoms with Crippen LogP contribution in [-0.4, -0.2) is 43.4 Å². The van der Waals surface area contributed by atoms with Gasteiger partial charge in [-0.3, -0.25) is 9.59 Å². The normalized spacial score (nSPS) is 10.3. The summed E-state index contributed by atoms with van der Waals surface area (Å²) in [6.07, 6.45) is 1.19. The molecule has 0 saturated carbocycles. The van der Waals surface area contributed by atoms with E-state index < -0.39 is 0 Å². The number of benzene rings is 1. The van der Waals surface area contributed by atoms with Crippen LogP contribution in [0.2, 0.25) is 0 Å². The topological polar surface area (TPSA) is 61.4 Å². The molecular formula is C16H25N3O2. The van der Waals surface area contributed by atoms with Gasteiger partial charge in [-0.1, -0.05) is 12.1 Å². The Morgan fingerprint density at radius 3 is 2.57 bits per heavy atom. The van der Waals surface area contributed by atoms with Crippen molar-refractivity contribution >= 4 is 17.5 Å². The molecule has 0 bridgehead atoms. The molecule has 0 aliphatic rings. The molecule has 0 unspecified atom stereocenters. The Labute approximate surface area is 126 Å². The summed E-state index contributed by atoms with van der Waals surface area (Å²) in [5.74, 6) is 0.0860. The smallest absolute Gasteiger partial charge is 0.239 e. The summed E-state index contributed by atoms with van der Waals surface area (Å²) in [4.78, 5) is 24.7. The molecule has 21 heavy (non-hydrogen) atoms. The number of hydrogen-bond donors (Lipinski definition) is 2. The molecule has 0 aliphatic heterocycles. The molecule has 0 atom stereocenters. The van der Waals surface area contributed by atoms with E-state index in [9.17, 15) is 9.59 Å². The van der Waals surface area contributed by atoms with Gasteiger partial charge < -0.3 is 15.5 Å². The van der Waals surface area contributed by atoms with Crippen LogP contribution in [-0.2, 0) is 16.0 Å². The van der Waals surface area contributed by atoms with Gasteiger partial charge in [0.2, 0.25) is 11.8 Å². The summed E-state index contributed by atoms with van der Waals surface area (Å²) in [6.45, 7) is 4.11. The second kappa shape index (κ2) is 8.29. The van der Waals surface area contributed by atoms with Gasteiger partial charge in [-0.15, -0.1) is 0 Å². The van der Waals surface area contributed by atoms with Gasteiger partial charge in [0, 0.05) is 32.2 Å². The molecule has 0 fully saturated rings. The third-order valence-electron chi connectivity index (χ3n) is 2.96. The first-order chi connectivity index (χ1) is 9.88. The molecular weight excluding hydrogens is 266 g/mol. The zero-order valence-corrected chi connectivity index (χ0v) is 13.3. The highest BCUT2D eigenvalue weighted by atomic mass is 16.2. The van der Waals surface area contributed by atoms with Crippen LogP contribution in [0.1, 0.15) is 25.8 Å². The Morgan fingerprint density at radius 2 is 1.95 bits per heavy atom. The summed E-state index contributed by atoms with van der Waals surface area (Å²) in [6, 6.07) is 7.95. The maximum atomic E-state index is 11.6. The van der Waals surface area contributed by atoms with E-state index >= 15 is 0 Å². The van der Waals surface area contributed by atoms with Gasteiger partial charge in [-0.2, -0.15) is 0 Å². The minimum absolute atomic E-state index is 0.0295. The first-order valence-corrected chi connectivity index (χ1v) is 7.21. The van der Waals surface area contributed by atoms with E-state index in [0.717, 1.165) is 11.3 Å². The number of hydrogen-bond acceptors (Lipinski definition) is 3. The van der Waals surface area contributed by atoms with E-state index in [4.69, 9.17) is 0 Å². The predicted octanol–water partition coefficient (Wildman–Crippen LogP) is 1.64. The van der Waals surface area contributed by atoms with Crippen LogP contribution in [0.5, 0.6) is 0 Å². The van der Waals surface area contributed by atoms with Gasteiger partial charge in [-0.25, -0.2) is 0 Å². The number of rotatable bonds is 7. The Hall–Kier alpha value is -2.04. The summed E-state index contributed by atoms with van der Waals surface area (Å²) in [5, 5.41) is 5.92. The lowest BCUT2D eigenvalue weighted by molar-refractivity contribution is -0.128. The van der Waals surface area contributed by atoms with Crippen molar-refractivity contribution in [2.75, 3.05) is 26.0 Å². The fraction of sp³-hybridized carbons (Fsp3) is 0.500. The highest BCUT2D eigenvalue weighted by Crippen LogP contribution is 2.12. The molecule has 0 aliphatic carbocycles. The van der Waals surface area contributed by atoms with Gasteiger partial charge >= 0.3 is 0 Å². The fourth-order valence-corrected chi connectivity index (χ4v) is 1.87. The highest BCUT2D eigenvalue weighted by Gasteiger charge is 2.06. The first-order valence-electron chi connectivity index (χ1n) is 7.21. The molecule has 0 spiro atoms. The third kappa shape index (κ3) is 6.79. The van der Waals surface area contributed by atoms with Gasteiger partial charge in [-0.05, 0) is 38.0 Å². The van der Waals surface area contributed by atoms with Crippen LogP contribution in [0, 0.1) is 0 Å². The van der Waals surface area contributed by atoms with Crippen molar-refractivity contribution in [3.8, 4) is 0 Å². The number of nitrogens with zero attached hydrogens (tertiary/aromatic N) is 1. The van der Waals surface area contributed by atoms with Crippen LogP contribution < -0.4 is 10.6 Å². The number of anilines is 1. The largest absolute Gasteiger partial charge is 0.376 e. The average Bonchev–Trinajstić information content (AvgIpc) is 2.42. The van der Waals surface area contributed by atoms with Crippen LogP contribution in [0.3, 0.4) is 0 Å². The van der Waals surface area contributed by atoms with Crippen molar-refractivity contribution in [3.05, 3.63) is 29.8 Å². The average molecular weight is 291 g/mol. The van der Waals surface area contributed by atoms with Crippen molar-refractivity contribution in [1.29, 1.82) is 0 Å². The van der Waals surface area contributed by atoms with E-state index in [2.05, 4.69) is 10.6 Å². The van der Waals surface area contributed by atoms with Crippen LogP contribution >= 0.6 is 0 Å². The lowest BCUT2D eigenvalue weighted by atomic mass is 10.1. The number of nitrogens with one attached hydrogen (secondary N) is 2. The van der Waals surface area contributed by atoms with Crippen LogP contribution in [0.25, 0.3) is 0 Å². The van der Waals surface area contributed by atoms with Gasteiger partial charge in [0.25, 0.3) is 0 Å². The third-order valence-corrected chi connectivity index (χ3v) is 2.96. The SMILES string of the molecule is CC(C)NC(=O)CNc1cccc(CCC(=O)N(C)C)c1. The van der Waals surface area contributed by atoms with Crippen molar-refractivity contribution in [1.82, 2.24) is 10.2 Å². The van der Waals surface area contributed by atoms with E-state index in [-0.39, 0.29) is 24.4 Å². The number of carbonyl (C=O) groups excluding carboxylic acids is 2. The van der Waals surface area contributed by atoms with Crippen LogP contribution in [0.15, 0.2) is 24.3 Å². The standard InChI is InChI=1S/C16H25N3O2/c1-12(2)18-15(20)11-17-14-7-5-6-13(10-14)8-9-16(21)19(3)4/h5-7,10,12,17H,8-9,11H2,1-4H3,(H,18,20). The molecule has 5 heteroatoms. The molecule has 0 aromatic heterocycles. The van der Waals surface area contributed by atoms with Crippen LogP contribution in [0.4, 0.5) is 5.69 Å². The number of carbonyl (C=O) groups is 2. The lowest BCUT2D eigenvalue weighted by Crippen LogP contribution is -2.34. The second-order valence-electron chi connectivity index (χ2n) is 5.56. The summed E-state index contributed by atoms with van der Waals surface area (Å²) >= 11 is 0. The summed E-state index contributed by atoms with van der Waals surface area (Å²) in [5.41, 5.74) is 1.98. The quantitative estimate of drug-likeness (QED) is 0.803. The van der Waals surface area contributed by atoms with E-state index in [1.807, 2.05) is 38.1 Å². The Bertz CT molecular complexity index is 484. The van der Waals surface area contributed by atoms with Crippen molar-refractivity contribution in [3.63, 3.8) is 0 Å². The zero-order chi connectivity index (χ0) is 15.8. The van der Waals surface area contributed by atoms with Crippen molar-refractivity contribution in [2.24, 2.45) is 0 Å². The monoisotopic (exact) mass is 291 g/mol. The van der Waals surface area contributed by atoms with Gasteiger partial charge in [0.15, 0.2) is 0 Å². The van der Waals surface area contributed by atoms with E-state index in [1.165, 1.54) is 0 Å². The highest BCUT2D eigenvalue weighted by molar-refractivity contribution is 5.81.